The molecule has 0 aromatic heterocycles. The molecule has 0 fully saturated rings. The van der Waals surface area contributed by atoms with E-state index in [-0.39, 0.29) is 12.3 Å². The SMILES string of the molecule is COc1ccc(CC(=O)NC(=S)Nc2ccccc2)cc1. The number of carbonyl (C=O) groups excluding carboxylic acids is 1. The van der Waals surface area contributed by atoms with E-state index in [9.17, 15) is 4.79 Å². The van der Waals surface area contributed by atoms with Gasteiger partial charge in [0, 0.05) is 5.69 Å². The Balaban J connectivity index is 1.84. The average Bonchev–Trinajstić information content (AvgIpc) is 2.48. The number of hydrogen-bond donors (Lipinski definition) is 2. The van der Waals surface area contributed by atoms with Gasteiger partial charge >= 0.3 is 0 Å². The van der Waals surface area contributed by atoms with Gasteiger partial charge in [-0.1, -0.05) is 30.3 Å². The number of rotatable bonds is 4. The molecule has 0 spiro atoms. The van der Waals surface area contributed by atoms with Crippen molar-refractivity contribution in [2.75, 3.05) is 12.4 Å². The number of nitrogens with one attached hydrogen (secondary N) is 2. The van der Waals surface area contributed by atoms with Gasteiger partial charge in [-0.3, -0.25) is 4.79 Å². The molecule has 0 bridgehead atoms. The van der Waals surface area contributed by atoms with Gasteiger partial charge in [0.15, 0.2) is 5.11 Å². The van der Waals surface area contributed by atoms with Crippen LogP contribution in [0.2, 0.25) is 0 Å². The standard InChI is InChI=1S/C16H16N2O2S/c1-20-14-9-7-12(8-10-14)11-15(19)18-16(21)17-13-5-3-2-4-6-13/h2-10H,11H2,1H3,(H2,17,18,19,21). The molecule has 0 atom stereocenters. The fourth-order valence-corrected chi connectivity index (χ4v) is 2.02. The Kier molecular flexibility index (Phi) is 5.29. The van der Waals surface area contributed by atoms with Gasteiger partial charge in [0.25, 0.3) is 0 Å². The minimum absolute atomic E-state index is 0.159. The number of amides is 1. The largest absolute Gasteiger partial charge is 0.497 e. The molecule has 0 aliphatic carbocycles. The second-order valence-corrected chi connectivity index (χ2v) is 4.80. The lowest BCUT2D eigenvalue weighted by Crippen LogP contribution is -2.35. The maximum Gasteiger partial charge on any atom is 0.230 e. The predicted molar refractivity (Wildman–Crippen MR) is 87.5 cm³/mol. The van der Waals surface area contributed by atoms with E-state index in [1.807, 2.05) is 54.6 Å². The molecule has 2 N–H and O–H groups in total. The van der Waals surface area contributed by atoms with Crippen molar-refractivity contribution in [2.45, 2.75) is 6.42 Å². The Morgan fingerprint density at radius 2 is 1.76 bits per heavy atom. The molecule has 0 radical (unpaired) electrons. The summed E-state index contributed by atoms with van der Waals surface area (Å²) in [5.41, 5.74) is 1.74. The van der Waals surface area contributed by atoms with E-state index in [2.05, 4.69) is 10.6 Å². The van der Waals surface area contributed by atoms with E-state index < -0.39 is 0 Å². The Morgan fingerprint density at radius 1 is 1.10 bits per heavy atom. The number of ether oxygens (including phenoxy) is 1. The van der Waals surface area contributed by atoms with Gasteiger partial charge in [0.05, 0.1) is 13.5 Å². The van der Waals surface area contributed by atoms with Crippen molar-refractivity contribution in [3.63, 3.8) is 0 Å². The van der Waals surface area contributed by atoms with Crippen molar-refractivity contribution in [2.24, 2.45) is 0 Å². The normalized spacial score (nSPS) is 9.76. The lowest BCUT2D eigenvalue weighted by molar-refractivity contribution is -0.119. The molecule has 2 rings (SSSR count). The first-order chi connectivity index (χ1) is 10.2. The minimum Gasteiger partial charge on any atom is -0.497 e. The Labute approximate surface area is 129 Å². The van der Waals surface area contributed by atoms with Crippen LogP contribution in [0, 0.1) is 0 Å². The molecule has 21 heavy (non-hydrogen) atoms. The van der Waals surface area contributed by atoms with Crippen LogP contribution in [-0.2, 0) is 11.2 Å². The molecule has 0 heterocycles. The van der Waals surface area contributed by atoms with Crippen molar-refractivity contribution >= 4 is 28.9 Å². The summed E-state index contributed by atoms with van der Waals surface area (Å²) in [5, 5.41) is 5.90. The number of anilines is 1. The highest BCUT2D eigenvalue weighted by atomic mass is 32.1. The van der Waals surface area contributed by atoms with E-state index in [1.165, 1.54) is 0 Å². The third kappa shape index (κ3) is 4.89. The first-order valence-corrected chi connectivity index (χ1v) is 6.87. The van der Waals surface area contributed by atoms with Gasteiger partial charge < -0.3 is 15.4 Å². The third-order valence-electron chi connectivity index (χ3n) is 2.81. The van der Waals surface area contributed by atoms with Crippen LogP contribution in [0.15, 0.2) is 54.6 Å². The summed E-state index contributed by atoms with van der Waals surface area (Å²) in [7, 11) is 1.61. The fourth-order valence-electron chi connectivity index (χ4n) is 1.78. The van der Waals surface area contributed by atoms with Crippen molar-refractivity contribution < 1.29 is 9.53 Å². The Morgan fingerprint density at radius 3 is 2.38 bits per heavy atom. The lowest BCUT2D eigenvalue weighted by atomic mass is 10.1. The molecule has 0 unspecified atom stereocenters. The molecule has 2 aromatic rings. The number of methoxy groups -OCH3 is 1. The molecule has 5 heteroatoms. The average molecular weight is 300 g/mol. The summed E-state index contributed by atoms with van der Waals surface area (Å²) in [4.78, 5) is 11.9. The van der Waals surface area contributed by atoms with Crippen molar-refractivity contribution in [1.29, 1.82) is 0 Å². The van der Waals surface area contributed by atoms with E-state index in [4.69, 9.17) is 17.0 Å². The van der Waals surface area contributed by atoms with Crippen LogP contribution in [0.1, 0.15) is 5.56 Å². The molecular weight excluding hydrogens is 284 g/mol. The second kappa shape index (κ2) is 7.40. The smallest absolute Gasteiger partial charge is 0.230 e. The molecule has 2 aromatic carbocycles. The van der Waals surface area contributed by atoms with E-state index in [0.29, 0.717) is 5.11 Å². The molecule has 108 valence electrons. The Bertz CT molecular complexity index is 612. The number of benzene rings is 2. The zero-order valence-corrected chi connectivity index (χ0v) is 12.4. The molecule has 0 aliphatic heterocycles. The van der Waals surface area contributed by atoms with Crippen molar-refractivity contribution in [1.82, 2.24) is 5.32 Å². The Hall–Kier alpha value is -2.40. The first-order valence-electron chi connectivity index (χ1n) is 6.46. The number of carbonyl (C=O) groups is 1. The molecule has 0 saturated heterocycles. The van der Waals surface area contributed by atoms with Gasteiger partial charge in [-0.2, -0.15) is 0 Å². The maximum absolute atomic E-state index is 11.9. The summed E-state index contributed by atoms with van der Waals surface area (Å²) >= 11 is 5.10. The van der Waals surface area contributed by atoms with Crippen LogP contribution in [0.5, 0.6) is 5.75 Å². The summed E-state index contributed by atoms with van der Waals surface area (Å²) in [6, 6.07) is 16.8. The number of hydrogen-bond acceptors (Lipinski definition) is 3. The molecule has 4 nitrogen and oxygen atoms in total. The highest BCUT2D eigenvalue weighted by molar-refractivity contribution is 7.80. The zero-order chi connectivity index (χ0) is 15.1. The molecule has 0 aliphatic rings. The molecular formula is C16H16N2O2S. The maximum atomic E-state index is 11.9. The topological polar surface area (TPSA) is 50.4 Å². The van der Waals surface area contributed by atoms with Crippen molar-refractivity contribution in [3.8, 4) is 5.75 Å². The highest BCUT2D eigenvalue weighted by Crippen LogP contribution is 2.11. The fraction of sp³-hybridized carbons (Fsp3) is 0.125. The first kappa shape index (κ1) is 15.0. The quantitative estimate of drug-likeness (QED) is 0.853. The second-order valence-electron chi connectivity index (χ2n) is 4.39. The van der Waals surface area contributed by atoms with Gasteiger partial charge in [-0.25, -0.2) is 0 Å². The van der Waals surface area contributed by atoms with E-state index >= 15 is 0 Å². The van der Waals surface area contributed by atoms with Crippen LogP contribution in [0.4, 0.5) is 5.69 Å². The van der Waals surface area contributed by atoms with Crippen LogP contribution in [0.25, 0.3) is 0 Å². The summed E-state index contributed by atoms with van der Waals surface area (Å²) < 4.78 is 5.07. The highest BCUT2D eigenvalue weighted by Gasteiger charge is 2.06. The van der Waals surface area contributed by atoms with Crippen LogP contribution < -0.4 is 15.4 Å². The van der Waals surface area contributed by atoms with Gasteiger partial charge in [0.1, 0.15) is 5.75 Å². The third-order valence-corrected chi connectivity index (χ3v) is 3.01. The number of thiocarbonyl (C=S) groups is 1. The minimum atomic E-state index is -0.159. The lowest BCUT2D eigenvalue weighted by Gasteiger charge is -2.09. The summed E-state index contributed by atoms with van der Waals surface area (Å²) in [6.45, 7) is 0. The van der Waals surface area contributed by atoms with E-state index in [1.54, 1.807) is 7.11 Å². The van der Waals surface area contributed by atoms with Gasteiger partial charge in [-0.05, 0) is 42.0 Å². The van der Waals surface area contributed by atoms with Crippen molar-refractivity contribution in [3.05, 3.63) is 60.2 Å². The predicted octanol–water partition coefficient (Wildman–Crippen LogP) is 2.75. The van der Waals surface area contributed by atoms with Crippen LogP contribution in [-0.4, -0.2) is 18.1 Å². The summed E-state index contributed by atoms with van der Waals surface area (Å²) in [5.74, 6) is 0.606. The zero-order valence-electron chi connectivity index (χ0n) is 11.6. The van der Waals surface area contributed by atoms with Crippen LogP contribution in [0.3, 0.4) is 0 Å². The van der Waals surface area contributed by atoms with E-state index in [0.717, 1.165) is 17.0 Å². The van der Waals surface area contributed by atoms with Gasteiger partial charge in [-0.15, -0.1) is 0 Å². The molecule has 1 amide bonds. The summed E-state index contributed by atoms with van der Waals surface area (Å²) in [6.07, 6.45) is 0.264. The van der Waals surface area contributed by atoms with Gasteiger partial charge in [0.2, 0.25) is 5.91 Å². The van der Waals surface area contributed by atoms with Crippen LogP contribution >= 0.6 is 12.2 Å². The monoisotopic (exact) mass is 300 g/mol. The number of para-hydroxylation sites is 1. The molecule has 0 saturated carbocycles.